The molecule has 2 aliphatic rings. The van der Waals surface area contributed by atoms with Crippen LogP contribution in [-0.4, -0.2) is 54.9 Å². The van der Waals surface area contributed by atoms with Crippen LogP contribution in [0.4, 0.5) is 0 Å². The smallest absolute Gasteiger partial charge is 0.227 e. The molecule has 3 rings (SSSR count). The molecule has 2 fully saturated rings. The van der Waals surface area contributed by atoms with Crippen molar-refractivity contribution in [2.24, 2.45) is 5.92 Å². The van der Waals surface area contributed by atoms with Crippen LogP contribution in [0, 0.1) is 5.92 Å². The second-order valence-electron chi connectivity index (χ2n) is 6.75. The fourth-order valence-corrected chi connectivity index (χ4v) is 3.80. The summed E-state index contributed by atoms with van der Waals surface area (Å²) in [5.41, 5.74) is 1.25. The number of para-hydroxylation sites is 1. The molecule has 0 saturated carbocycles. The minimum atomic E-state index is -0.158. The number of rotatable bonds is 4. The van der Waals surface area contributed by atoms with E-state index in [1.54, 1.807) is 11.9 Å². The summed E-state index contributed by atoms with van der Waals surface area (Å²) in [6, 6.07) is 8.21. The van der Waals surface area contributed by atoms with Crippen molar-refractivity contribution in [3.8, 4) is 5.75 Å². The van der Waals surface area contributed by atoms with Crippen LogP contribution in [0.3, 0.4) is 0 Å². The zero-order valence-corrected chi connectivity index (χ0v) is 14.5. The fourth-order valence-electron chi connectivity index (χ4n) is 3.80. The molecule has 130 valence electrons. The van der Waals surface area contributed by atoms with Gasteiger partial charge in [-0.25, -0.2) is 0 Å². The number of likely N-dealkylation sites (tertiary alicyclic amines) is 2. The van der Waals surface area contributed by atoms with Crippen LogP contribution in [0.15, 0.2) is 24.3 Å². The number of nitrogens with zero attached hydrogens (tertiary/aromatic N) is 2. The lowest BCUT2D eigenvalue weighted by atomic mass is 9.88. The number of carbonyl (C=O) groups is 2. The van der Waals surface area contributed by atoms with Crippen LogP contribution in [0.1, 0.15) is 37.7 Å². The van der Waals surface area contributed by atoms with Gasteiger partial charge < -0.3 is 14.5 Å². The Morgan fingerprint density at radius 3 is 2.58 bits per heavy atom. The summed E-state index contributed by atoms with van der Waals surface area (Å²) < 4.78 is 5.75. The topological polar surface area (TPSA) is 49.9 Å². The monoisotopic (exact) mass is 330 g/mol. The molecule has 2 saturated heterocycles. The predicted molar refractivity (Wildman–Crippen MR) is 91.9 cm³/mol. The third-order valence-electron chi connectivity index (χ3n) is 5.16. The van der Waals surface area contributed by atoms with Gasteiger partial charge in [0.15, 0.2) is 0 Å². The lowest BCUT2D eigenvalue weighted by molar-refractivity contribution is -0.136. The lowest BCUT2D eigenvalue weighted by Gasteiger charge is -2.34. The first-order chi connectivity index (χ1) is 11.6. The van der Waals surface area contributed by atoms with E-state index in [0.717, 1.165) is 31.7 Å². The summed E-state index contributed by atoms with van der Waals surface area (Å²) in [5.74, 6) is 1.46. The maximum Gasteiger partial charge on any atom is 0.227 e. The van der Waals surface area contributed by atoms with Gasteiger partial charge in [0.05, 0.1) is 12.5 Å². The number of hydrogen-bond donors (Lipinski definition) is 0. The van der Waals surface area contributed by atoms with Crippen molar-refractivity contribution in [2.45, 2.75) is 32.1 Å². The average molecular weight is 330 g/mol. The summed E-state index contributed by atoms with van der Waals surface area (Å²) in [6.07, 6.45) is 2.26. The number of carbonyl (C=O) groups excluding carboxylic acids is 2. The van der Waals surface area contributed by atoms with E-state index in [-0.39, 0.29) is 17.7 Å². The van der Waals surface area contributed by atoms with E-state index in [2.05, 4.69) is 12.1 Å². The third kappa shape index (κ3) is 3.40. The van der Waals surface area contributed by atoms with Gasteiger partial charge in [0, 0.05) is 33.1 Å². The van der Waals surface area contributed by atoms with Gasteiger partial charge in [0.1, 0.15) is 5.75 Å². The standard InChI is InChI=1S/C19H26N2O3/c1-3-24-17-7-5-4-6-16(17)14-8-10-21(11-9-14)19(23)15-12-18(22)20(2)13-15/h4-7,14-15H,3,8-13H2,1-2H3/t15-/m0/s1. The van der Waals surface area contributed by atoms with Gasteiger partial charge in [-0.3, -0.25) is 9.59 Å². The Morgan fingerprint density at radius 1 is 1.25 bits per heavy atom. The normalized spacial score (nSPS) is 22.1. The molecule has 0 unspecified atom stereocenters. The van der Waals surface area contributed by atoms with Crippen LogP contribution in [0.25, 0.3) is 0 Å². The second kappa shape index (κ2) is 7.24. The molecule has 1 aromatic rings. The molecule has 0 spiro atoms. The quantitative estimate of drug-likeness (QED) is 0.851. The Balaban J connectivity index is 1.60. The molecule has 0 aliphatic carbocycles. The van der Waals surface area contributed by atoms with Gasteiger partial charge in [0.25, 0.3) is 0 Å². The van der Waals surface area contributed by atoms with Crippen molar-refractivity contribution in [3.63, 3.8) is 0 Å². The molecule has 5 heteroatoms. The Hall–Kier alpha value is -2.04. The molecule has 2 amide bonds. The summed E-state index contributed by atoms with van der Waals surface area (Å²) >= 11 is 0. The fraction of sp³-hybridized carbons (Fsp3) is 0.579. The Morgan fingerprint density at radius 2 is 1.96 bits per heavy atom. The highest BCUT2D eigenvalue weighted by atomic mass is 16.5. The van der Waals surface area contributed by atoms with Crippen molar-refractivity contribution in [2.75, 3.05) is 33.3 Å². The molecule has 1 aromatic carbocycles. The van der Waals surface area contributed by atoms with Gasteiger partial charge in [-0.05, 0) is 37.3 Å². The van der Waals surface area contributed by atoms with E-state index in [9.17, 15) is 9.59 Å². The van der Waals surface area contributed by atoms with E-state index in [4.69, 9.17) is 4.74 Å². The minimum absolute atomic E-state index is 0.0777. The Labute approximate surface area is 143 Å². The van der Waals surface area contributed by atoms with Gasteiger partial charge >= 0.3 is 0 Å². The molecule has 0 bridgehead atoms. The third-order valence-corrected chi connectivity index (χ3v) is 5.16. The SMILES string of the molecule is CCOc1ccccc1C1CCN(C(=O)[C@H]2CC(=O)N(C)C2)CC1. The van der Waals surface area contributed by atoms with E-state index in [0.29, 0.717) is 25.5 Å². The van der Waals surface area contributed by atoms with Crippen molar-refractivity contribution in [1.82, 2.24) is 9.80 Å². The molecule has 24 heavy (non-hydrogen) atoms. The van der Waals surface area contributed by atoms with Crippen molar-refractivity contribution >= 4 is 11.8 Å². The van der Waals surface area contributed by atoms with Gasteiger partial charge in [0.2, 0.25) is 11.8 Å². The molecule has 0 N–H and O–H groups in total. The zero-order valence-electron chi connectivity index (χ0n) is 14.5. The van der Waals surface area contributed by atoms with Crippen molar-refractivity contribution in [3.05, 3.63) is 29.8 Å². The molecule has 2 aliphatic heterocycles. The lowest BCUT2D eigenvalue weighted by Crippen LogP contribution is -2.42. The summed E-state index contributed by atoms with van der Waals surface area (Å²) in [5, 5.41) is 0. The summed E-state index contributed by atoms with van der Waals surface area (Å²) in [4.78, 5) is 27.9. The van der Waals surface area contributed by atoms with E-state index < -0.39 is 0 Å². The van der Waals surface area contributed by atoms with E-state index in [1.807, 2.05) is 24.0 Å². The molecular formula is C19H26N2O3. The number of ether oxygens (including phenoxy) is 1. The zero-order chi connectivity index (χ0) is 17.1. The highest BCUT2D eigenvalue weighted by molar-refractivity contribution is 5.89. The van der Waals surface area contributed by atoms with Gasteiger partial charge in [-0.15, -0.1) is 0 Å². The first kappa shape index (κ1) is 16.8. The largest absolute Gasteiger partial charge is 0.494 e. The van der Waals surface area contributed by atoms with E-state index >= 15 is 0 Å². The maximum atomic E-state index is 12.6. The number of benzene rings is 1. The van der Waals surface area contributed by atoms with Crippen molar-refractivity contribution < 1.29 is 14.3 Å². The van der Waals surface area contributed by atoms with Crippen LogP contribution < -0.4 is 4.74 Å². The first-order valence-electron chi connectivity index (χ1n) is 8.84. The minimum Gasteiger partial charge on any atom is -0.494 e. The van der Waals surface area contributed by atoms with E-state index in [1.165, 1.54) is 5.56 Å². The maximum absolute atomic E-state index is 12.6. The van der Waals surface area contributed by atoms with Gasteiger partial charge in [-0.1, -0.05) is 18.2 Å². The summed E-state index contributed by atoms with van der Waals surface area (Å²) in [6.45, 7) is 4.75. The molecule has 2 heterocycles. The number of hydrogen-bond acceptors (Lipinski definition) is 3. The first-order valence-corrected chi connectivity index (χ1v) is 8.84. The molecule has 0 radical (unpaired) electrons. The second-order valence-corrected chi connectivity index (χ2v) is 6.75. The Kier molecular flexibility index (Phi) is 5.07. The van der Waals surface area contributed by atoms with Crippen molar-refractivity contribution in [1.29, 1.82) is 0 Å². The van der Waals surface area contributed by atoms with Crippen LogP contribution in [-0.2, 0) is 9.59 Å². The van der Waals surface area contributed by atoms with Gasteiger partial charge in [-0.2, -0.15) is 0 Å². The van der Waals surface area contributed by atoms with Crippen LogP contribution in [0.5, 0.6) is 5.75 Å². The number of piperidine rings is 1. The van der Waals surface area contributed by atoms with Crippen LogP contribution >= 0.6 is 0 Å². The highest BCUT2D eigenvalue weighted by Crippen LogP contribution is 2.34. The number of amides is 2. The molecule has 0 aromatic heterocycles. The summed E-state index contributed by atoms with van der Waals surface area (Å²) in [7, 11) is 1.77. The average Bonchev–Trinajstić information content (AvgIpc) is 2.94. The molecular weight excluding hydrogens is 304 g/mol. The molecule has 1 atom stereocenters. The highest BCUT2D eigenvalue weighted by Gasteiger charge is 2.36. The Bertz CT molecular complexity index is 608. The predicted octanol–water partition coefficient (Wildman–Crippen LogP) is 2.27. The molecule has 5 nitrogen and oxygen atoms in total. The van der Waals surface area contributed by atoms with Crippen LogP contribution in [0.2, 0.25) is 0 Å².